The van der Waals surface area contributed by atoms with Crippen LogP contribution in [0.15, 0.2) is 29.1 Å². The van der Waals surface area contributed by atoms with Crippen LogP contribution in [0.1, 0.15) is 40.1 Å². The number of rotatable bonds is 1. The summed E-state index contributed by atoms with van der Waals surface area (Å²) in [6.45, 7) is 0.820. The molecule has 9 heteroatoms. The van der Waals surface area contributed by atoms with Gasteiger partial charge >= 0.3 is 0 Å². The first kappa shape index (κ1) is 18.0. The first-order valence-electron chi connectivity index (χ1n) is 8.43. The number of Topliss-reactive ketones (excluding diaryl/α,β-unsaturated/α-hetero) is 1. The first-order chi connectivity index (χ1) is 12.9. The molecule has 4 rings (SSSR count). The summed E-state index contributed by atoms with van der Waals surface area (Å²) in [6, 6.07) is 5.78. The molecule has 27 heavy (non-hydrogen) atoms. The SMILES string of the molecule is O=C1CC2(CCN(C(=O)c3ccc(=O)[nH]n3)CC2)Oc2c(Cl)cc(Cl)cc21. The van der Waals surface area contributed by atoms with E-state index in [1.165, 1.54) is 12.1 Å². The lowest BCUT2D eigenvalue weighted by Gasteiger charge is -2.44. The van der Waals surface area contributed by atoms with Gasteiger partial charge in [-0.25, -0.2) is 5.10 Å². The van der Waals surface area contributed by atoms with Crippen molar-refractivity contribution in [2.45, 2.75) is 24.9 Å². The minimum atomic E-state index is -0.684. The predicted octanol–water partition coefficient (Wildman–Crippen LogP) is 2.72. The number of piperidine rings is 1. The minimum Gasteiger partial charge on any atom is -0.484 e. The highest BCUT2D eigenvalue weighted by atomic mass is 35.5. The van der Waals surface area contributed by atoms with E-state index >= 15 is 0 Å². The monoisotopic (exact) mass is 407 g/mol. The Bertz CT molecular complexity index is 976. The number of benzene rings is 1. The van der Waals surface area contributed by atoms with Crippen LogP contribution in [0.5, 0.6) is 5.75 Å². The van der Waals surface area contributed by atoms with Gasteiger partial charge in [0.15, 0.2) is 5.78 Å². The summed E-state index contributed by atoms with van der Waals surface area (Å²) in [5.74, 6) is 0.0237. The molecule has 1 spiro atoms. The molecule has 1 aromatic heterocycles. The van der Waals surface area contributed by atoms with E-state index in [4.69, 9.17) is 27.9 Å². The quantitative estimate of drug-likeness (QED) is 0.784. The van der Waals surface area contributed by atoms with Crippen molar-refractivity contribution in [1.29, 1.82) is 0 Å². The summed E-state index contributed by atoms with van der Waals surface area (Å²) in [5, 5.41) is 6.73. The molecule has 1 saturated heterocycles. The van der Waals surface area contributed by atoms with Crippen LogP contribution < -0.4 is 10.3 Å². The minimum absolute atomic E-state index is 0.0669. The number of ether oxygens (including phenoxy) is 1. The molecular weight excluding hydrogens is 393 g/mol. The van der Waals surface area contributed by atoms with Crippen molar-refractivity contribution in [3.05, 3.63) is 55.9 Å². The lowest BCUT2D eigenvalue weighted by Crippen LogP contribution is -2.52. The van der Waals surface area contributed by atoms with Gasteiger partial charge in [-0.05, 0) is 18.2 Å². The number of nitrogens with zero attached hydrogens (tertiary/aromatic N) is 2. The number of aromatic amines is 1. The first-order valence-corrected chi connectivity index (χ1v) is 9.19. The van der Waals surface area contributed by atoms with Crippen molar-refractivity contribution < 1.29 is 14.3 Å². The fraction of sp³-hybridized carbons (Fsp3) is 0.333. The van der Waals surface area contributed by atoms with Crippen LogP contribution in [0.25, 0.3) is 0 Å². The second kappa shape index (κ2) is 6.65. The van der Waals surface area contributed by atoms with Crippen LogP contribution in [0.3, 0.4) is 0 Å². The largest absolute Gasteiger partial charge is 0.484 e. The van der Waals surface area contributed by atoms with Gasteiger partial charge in [0.2, 0.25) is 0 Å². The lowest BCUT2D eigenvalue weighted by molar-refractivity contribution is -0.00581. The summed E-state index contributed by atoms with van der Waals surface area (Å²) in [5.41, 5.74) is -0.478. The third-order valence-electron chi connectivity index (χ3n) is 4.97. The van der Waals surface area contributed by atoms with Gasteiger partial charge < -0.3 is 9.64 Å². The van der Waals surface area contributed by atoms with Gasteiger partial charge in [0.1, 0.15) is 17.0 Å². The molecule has 1 N–H and O–H groups in total. The van der Waals surface area contributed by atoms with E-state index in [0.717, 1.165) is 0 Å². The smallest absolute Gasteiger partial charge is 0.274 e. The van der Waals surface area contributed by atoms with E-state index in [1.807, 2.05) is 0 Å². The Morgan fingerprint density at radius 1 is 1.19 bits per heavy atom. The molecule has 1 fully saturated rings. The molecule has 0 saturated carbocycles. The third-order valence-corrected chi connectivity index (χ3v) is 5.47. The Morgan fingerprint density at radius 2 is 1.93 bits per heavy atom. The molecule has 0 radical (unpaired) electrons. The molecule has 2 aliphatic heterocycles. The Labute approximate surface area is 164 Å². The molecule has 2 aliphatic rings. The highest BCUT2D eigenvalue weighted by molar-refractivity contribution is 6.36. The van der Waals surface area contributed by atoms with Crippen molar-refractivity contribution in [2.24, 2.45) is 0 Å². The van der Waals surface area contributed by atoms with E-state index < -0.39 is 5.60 Å². The zero-order chi connectivity index (χ0) is 19.2. The van der Waals surface area contributed by atoms with Crippen molar-refractivity contribution in [3.8, 4) is 5.75 Å². The fourth-order valence-corrected chi connectivity index (χ4v) is 4.07. The van der Waals surface area contributed by atoms with E-state index in [1.54, 1.807) is 17.0 Å². The van der Waals surface area contributed by atoms with Crippen LogP contribution >= 0.6 is 23.2 Å². The van der Waals surface area contributed by atoms with Gasteiger partial charge in [0, 0.05) is 37.0 Å². The second-order valence-electron chi connectivity index (χ2n) is 6.75. The van der Waals surface area contributed by atoms with Crippen LogP contribution in [0, 0.1) is 0 Å². The van der Waals surface area contributed by atoms with E-state index in [-0.39, 0.29) is 29.4 Å². The maximum Gasteiger partial charge on any atom is 0.274 e. The zero-order valence-corrected chi connectivity index (χ0v) is 15.6. The average molecular weight is 408 g/mol. The zero-order valence-electron chi connectivity index (χ0n) is 14.1. The molecule has 0 aliphatic carbocycles. The van der Waals surface area contributed by atoms with Gasteiger partial charge in [-0.15, -0.1) is 0 Å². The van der Waals surface area contributed by atoms with Crippen molar-refractivity contribution >= 4 is 34.9 Å². The summed E-state index contributed by atoms with van der Waals surface area (Å²) < 4.78 is 6.15. The molecule has 140 valence electrons. The van der Waals surface area contributed by atoms with Crippen molar-refractivity contribution in [2.75, 3.05) is 13.1 Å². The molecule has 0 unspecified atom stereocenters. The molecule has 7 nitrogen and oxygen atoms in total. The van der Waals surface area contributed by atoms with Gasteiger partial charge in [0.25, 0.3) is 11.5 Å². The van der Waals surface area contributed by atoms with E-state index in [9.17, 15) is 14.4 Å². The number of hydrogen-bond acceptors (Lipinski definition) is 5. The molecular formula is C18H15Cl2N3O4. The maximum absolute atomic E-state index is 12.6. The van der Waals surface area contributed by atoms with Crippen LogP contribution in [-0.2, 0) is 0 Å². The summed E-state index contributed by atoms with van der Waals surface area (Å²) in [6.07, 6.45) is 1.20. The topological polar surface area (TPSA) is 92.4 Å². The number of nitrogens with one attached hydrogen (secondary N) is 1. The van der Waals surface area contributed by atoms with Gasteiger partial charge in [0.05, 0.1) is 17.0 Å². The molecule has 0 bridgehead atoms. The predicted molar refractivity (Wildman–Crippen MR) is 98.8 cm³/mol. The Morgan fingerprint density at radius 3 is 2.59 bits per heavy atom. The molecule has 3 heterocycles. The maximum atomic E-state index is 12.6. The van der Waals surface area contributed by atoms with Crippen molar-refractivity contribution in [3.63, 3.8) is 0 Å². The van der Waals surface area contributed by atoms with Gasteiger partial charge in [-0.1, -0.05) is 23.2 Å². The third kappa shape index (κ3) is 3.33. The second-order valence-corrected chi connectivity index (χ2v) is 7.59. The number of carbonyl (C=O) groups excluding carboxylic acids is 2. The normalized spacial score (nSPS) is 18.1. The number of ketones is 1. The number of likely N-dealkylation sites (tertiary alicyclic amines) is 1. The van der Waals surface area contributed by atoms with Gasteiger partial charge in [-0.3, -0.25) is 14.4 Å². The average Bonchev–Trinajstić information content (AvgIpc) is 2.64. The summed E-state index contributed by atoms with van der Waals surface area (Å²) in [4.78, 5) is 37.9. The summed E-state index contributed by atoms with van der Waals surface area (Å²) in [7, 11) is 0. The number of amides is 1. The lowest BCUT2D eigenvalue weighted by atomic mass is 9.82. The van der Waals surface area contributed by atoms with Crippen LogP contribution in [0.2, 0.25) is 10.0 Å². The Kier molecular flexibility index (Phi) is 4.44. The number of halogens is 2. The van der Waals surface area contributed by atoms with Gasteiger partial charge in [-0.2, -0.15) is 5.10 Å². The van der Waals surface area contributed by atoms with Crippen LogP contribution in [-0.4, -0.2) is 45.5 Å². The van der Waals surface area contributed by atoms with Crippen molar-refractivity contribution in [1.82, 2.24) is 15.1 Å². The van der Waals surface area contributed by atoms with E-state index in [2.05, 4.69) is 10.2 Å². The number of H-pyrrole nitrogens is 1. The fourth-order valence-electron chi connectivity index (χ4n) is 3.53. The van der Waals surface area contributed by atoms with Crippen LogP contribution in [0.4, 0.5) is 0 Å². The van der Waals surface area contributed by atoms with E-state index in [0.29, 0.717) is 47.3 Å². The summed E-state index contributed by atoms with van der Waals surface area (Å²) >= 11 is 12.2. The molecule has 1 aromatic carbocycles. The molecule has 1 amide bonds. The number of carbonyl (C=O) groups is 2. The number of aromatic nitrogens is 2. The standard InChI is InChI=1S/C18H15Cl2N3O4/c19-10-7-11-14(24)9-18(27-16(11)12(20)8-10)3-5-23(6-4-18)17(26)13-1-2-15(25)22-21-13/h1-2,7-8H,3-6,9H2,(H,22,25). The number of hydrogen-bond donors (Lipinski definition) is 1. The number of fused-ring (bicyclic) bond motifs is 1. The highest BCUT2D eigenvalue weighted by Gasteiger charge is 2.44. The Hall–Kier alpha value is -2.38. The highest BCUT2D eigenvalue weighted by Crippen LogP contribution is 2.44. The Balaban J connectivity index is 1.52. The molecule has 0 atom stereocenters. The molecule has 2 aromatic rings.